The van der Waals surface area contributed by atoms with Gasteiger partial charge in [-0.2, -0.15) is 0 Å². The Morgan fingerprint density at radius 1 is 1.53 bits per heavy atom. The maximum absolute atomic E-state index is 12.9. The Morgan fingerprint density at radius 3 is 2.93 bits per heavy atom. The minimum Gasteiger partial charge on any atom is -0.325 e. The summed E-state index contributed by atoms with van der Waals surface area (Å²) in [6.07, 6.45) is 0.951. The molecule has 82 valence electrons. The fourth-order valence-corrected chi connectivity index (χ4v) is 1.51. The molecule has 15 heavy (non-hydrogen) atoms. The van der Waals surface area contributed by atoms with Gasteiger partial charge in [0.1, 0.15) is 5.82 Å². The fraction of sp³-hybridized carbons (Fsp3) is 0.300. The highest BCUT2D eigenvalue weighted by atomic mass is 79.9. The van der Waals surface area contributed by atoms with Crippen molar-refractivity contribution in [1.82, 2.24) is 0 Å². The highest BCUT2D eigenvalue weighted by Gasteiger charge is 2.06. The Bertz CT molecular complexity index is 359. The second kappa shape index (κ2) is 6.08. The molecule has 0 saturated heterocycles. The minimum absolute atomic E-state index is 0.165. The number of amides is 1. The van der Waals surface area contributed by atoms with Crippen LogP contribution in [0.2, 0.25) is 0 Å². The number of hydrogen-bond donors (Lipinski definition) is 1. The van der Waals surface area contributed by atoms with E-state index in [2.05, 4.69) is 21.2 Å². The molecule has 0 fully saturated rings. The number of carbonyl (C=O) groups excluding carboxylic acids is 1. The molecule has 0 saturated carbocycles. The summed E-state index contributed by atoms with van der Waals surface area (Å²) in [4.78, 5) is 11.3. The predicted octanol–water partition coefficient (Wildman–Crippen LogP) is 3.55. The molecule has 0 aliphatic rings. The van der Waals surface area contributed by atoms with Gasteiger partial charge in [0.15, 0.2) is 0 Å². The summed E-state index contributed by atoms with van der Waals surface area (Å²) >= 11 is 8.68. The number of carbonyl (C=O) groups is 1. The van der Waals surface area contributed by atoms with Gasteiger partial charge in [-0.05, 0) is 40.5 Å². The summed E-state index contributed by atoms with van der Waals surface area (Å²) in [5, 5.41) is 2.60. The van der Waals surface area contributed by atoms with Crippen LogP contribution in [-0.4, -0.2) is 11.8 Å². The first-order valence-corrected chi connectivity index (χ1v) is 5.77. The normalized spacial score (nSPS) is 10.1. The summed E-state index contributed by atoms with van der Waals surface area (Å²) in [5.41, 5.74) is 0.439. The Morgan fingerprint density at radius 2 is 2.27 bits per heavy atom. The highest BCUT2D eigenvalue weighted by Crippen LogP contribution is 2.23. The van der Waals surface area contributed by atoms with Gasteiger partial charge in [0.25, 0.3) is 0 Å². The van der Waals surface area contributed by atoms with Gasteiger partial charge in [-0.25, -0.2) is 4.39 Å². The molecule has 2 nitrogen and oxygen atoms in total. The van der Waals surface area contributed by atoms with E-state index in [0.29, 0.717) is 28.9 Å². The number of benzene rings is 1. The van der Waals surface area contributed by atoms with Crippen LogP contribution >= 0.6 is 27.5 Å². The summed E-state index contributed by atoms with van der Waals surface area (Å²) in [5.74, 6) is -0.106. The van der Waals surface area contributed by atoms with E-state index in [-0.39, 0.29) is 11.7 Å². The van der Waals surface area contributed by atoms with Crippen LogP contribution in [0.3, 0.4) is 0 Å². The van der Waals surface area contributed by atoms with Crippen molar-refractivity contribution in [2.24, 2.45) is 0 Å². The number of anilines is 1. The average Bonchev–Trinajstić information content (AvgIpc) is 2.20. The third-order valence-electron chi connectivity index (χ3n) is 1.74. The van der Waals surface area contributed by atoms with Crippen LogP contribution < -0.4 is 5.32 Å². The number of rotatable bonds is 4. The van der Waals surface area contributed by atoms with E-state index in [1.54, 1.807) is 6.07 Å². The summed E-state index contributed by atoms with van der Waals surface area (Å²) in [6.45, 7) is 0. The Labute approximate surface area is 101 Å². The fourth-order valence-electron chi connectivity index (χ4n) is 1.03. The van der Waals surface area contributed by atoms with E-state index in [4.69, 9.17) is 11.6 Å². The smallest absolute Gasteiger partial charge is 0.224 e. The third-order valence-corrected chi connectivity index (χ3v) is 2.70. The van der Waals surface area contributed by atoms with Crippen molar-refractivity contribution in [1.29, 1.82) is 0 Å². The van der Waals surface area contributed by atoms with Gasteiger partial charge >= 0.3 is 0 Å². The molecule has 1 N–H and O–H groups in total. The van der Waals surface area contributed by atoms with Crippen molar-refractivity contribution < 1.29 is 9.18 Å². The van der Waals surface area contributed by atoms with E-state index in [1.165, 1.54) is 12.1 Å². The molecule has 0 heterocycles. The molecule has 0 bridgehead atoms. The van der Waals surface area contributed by atoms with E-state index in [0.717, 1.165) is 0 Å². The SMILES string of the molecule is O=C(CCCCl)Nc1cc(F)ccc1Br. The molecule has 1 aromatic carbocycles. The molecule has 0 aromatic heterocycles. The number of nitrogens with one attached hydrogen (secondary N) is 1. The minimum atomic E-state index is -0.383. The van der Waals surface area contributed by atoms with E-state index in [1.807, 2.05) is 0 Å². The summed E-state index contributed by atoms with van der Waals surface area (Å²) < 4.78 is 13.5. The van der Waals surface area contributed by atoms with Crippen molar-refractivity contribution in [2.75, 3.05) is 11.2 Å². The molecule has 0 spiro atoms. The molecule has 0 aliphatic heterocycles. The van der Waals surface area contributed by atoms with Gasteiger partial charge in [0.05, 0.1) is 5.69 Å². The van der Waals surface area contributed by atoms with Gasteiger partial charge in [-0.1, -0.05) is 0 Å². The largest absolute Gasteiger partial charge is 0.325 e. The zero-order valence-electron chi connectivity index (χ0n) is 7.90. The van der Waals surface area contributed by atoms with Gasteiger partial charge in [-0.3, -0.25) is 4.79 Å². The van der Waals surface area contributed by atoms with Crippen LogP contribution in [0.5, 0.6) is 0 Å². The van der Waals surface area contributed by atoms with Gasteiger partial charge in [0.2, 0.25) is 5.91 Å². The molecule has 1 aromatic rings. The summed E-state index contributed by atoms with van der Waals surface area (Å²) in [7, 11) is 0. The topological polar surface area (TPSA) is 29.1 Å². The first-order chi connectivity index (χ1) is 7.13. The van der Waals surface area contributed by atoms with Gasteiger partial charge in [0, 0.05) is 16.8 Å². The van der Waals surface area contributed by atoms with Gasteiger partial charge < -0.3 is 5.32 Å². The molecule has 0 radical (unpaired) electrons. The molecule has 0 unspecified atom stereocenters. The lowest BCUT2D eigenvalue weighted by Gasteiger charge is -2.06. The van der Waals surface area contributed by atoms with Crippen LogP contribution in [0, 0.1) is 5.82 Å². The molecule has 1 rings (SSSR count). The predicted molar refractivity (Wildman–Crippen MR) is 62.7 cm³/mol. The van der Waals surface area contributed by atoms with Crippen LogP contribution in [0.1, 0.15) is 12.8 Å². The Hall–Kier alpha value is -0.610. The number of alkyl halides is 1. The first kappa shape index (κ1) is 12.5. The number of halogens is 3. The monoisotopic (exact) mass is 293 g/mol. The second-order valence-electron chi connectivity index (χ2n) is 2.96. The molecule has 5 heteroatoms. The van der Waals surface area contributed by atoms with Crippen molar-refractivity contribution in [3.63, 3.8) is 0 Å². The van der Waals surface area contributed by atoms with Crippen LogP contribution in [-0.2, 0) is 4.79 Å². The Kier molecular flexibility index (Phi) is 5.05. The number of hydrogen-bond acceptors (Lipinski definition) is 1. The lowest BCUT2D eigenvalue weighted by atomic mass is 10.3. The second-order valence-corrected chi connectivity index (χ2v) is 4.20. The zero-order valence-corrected chi connectivity index (χ0v) is 10.2. The lowest BCUT2D eigenvalue weighted by molar-refractivity contribution is -0.116. The van der Waals surface area contributed by atoms with E-state index in [9.17, 15) is 9.18 Å². The van der Waals surface area contributed by atoms with E-state index < -0.39 is 0 Å². The molecular weight excluding hydrogens is 284 g/mol. The molecule has 0 aliphatic carbocycles. The van der Waals surface area contributed by atoms with Crippen molar-refractivity contribution >= 4 is 39.1 Å². The van der Waals surface area contributed by atoms with Crippen LogP contribution in [0.25, 0.3) is 0 Å². The molecule has 0 atom stereocenters. The maximum atomic E-state index is 12.9. The van der Waals surface area contributed by atoms with Crippen molar-refractivity contribution in [3.05, 3.63) is 28.5 Å². The summed E-state index contributed by atoms with van der Waals surface area (Å²) in [6, 6.07) is 4.13. The molecule has 1 amide bonds. The Balaban J connectivity index is 2.63. The lowest BCUT2D eigenvalue weighted by Crippen LogP contribution is -2.11. The molecular formula is C10H10BrClFNO. The third kappa shape index (κ3) is 4.18. The van der Waals surface area contributed by atoms with Crippen molar-refractivity contribution in [3.8, 4) is 0 Å². The van der Waals surface area contributed by atoms with Crippen molar-refractivity contribution in [2.45, 2.75) is 12.8 Å². The standard InChI is InChI=1S/C10H10BrClFNO/c11-8-4-3-7(13)6-9(8)14-10(15)2-1-5-12/h3-4,6H,1-2,5H2,(H,14,15). The first-order valence-electron chi connectivity index (χ1n) is 4.44. The quantitative estimate of drug-likeness (QED) is 0.846. The highest BCUT2D eigenvalue weighted by molar-refractivity contribution is 9.10. The average molecular weight is 295 g/mol. The maximum Gasteiger partial charge on any atom is 0.224 e. The van der Waals surface area contributed by atoms with Crippen LogP contribution in [0.15, 0.2) is 22.7 Å². The van der Waals surface area contributed by atoms with Crippen LogP contribution in [0.4, 0.5) is 10.1 Å². The zero-order chi connectivity index (χ0) is 11.3. The van der Waals surface area contributed by atoms with E-state index >= 15 is 0 Å². The van der Waals surface area contributed by atoms with Gasteiger partial charge in [-0.15, -0.1) is 11.6 Å².